The summed E-state index contributed by atoms with van der Waals surface area (Å²) in [7, 11) is -9.90. The summed E-state index contributed by atoms with van der Waals surface area (Å²) in [5, 5.41) is 10.6. The van der Waals surface area contributed by atoms with Crippen molar-refractivity contribution in [1.82, 2.24) is 0 Å². The van der Waals surface area contributed by atoms with Crippen LogP contribution in [0.2, 0.25) is 0 Å². The summed E-state index contributed by atoms with van der Waals surface area (Å²) in [4.78, 5) is 72.6. The minimum absolute atomic E-state index is 0.106. The lowest BCUT2D eigenvalue weighted by Crippen LogP contribution is -2.30. The first-order valence-electron chi connectivity index (χ1n) is 38.1. The second-order valence-electron chi connectivity index (χ2n) is 26.8. The summed E-state index contributed by atoms with van der Waals surface area (Å²) in [6, 6.07) is 0. The van der Waals surface area contributed by atoms with Crippen molar-refractivity contribution in [2.75, 3.05) is 39.6 Å². The zero-order valence-electron chi connectivity index (χ0n) is 59.7. The van der Waals surface area contributed by atoms with Crippen LogP contribution in [0.1, 0.15) is 381 Å². The summed E-state index contributed by atoms with van der Waals surface area (Å²) in [5.41, 5.74) is 0. The molecular formula is C73H142O17P2. The number of phosphoric ester groups is 2. The van der Waals surface area contributed by atoms with Crippen LogP contribution >= 0.6 is 15.6 Å². The number of hydrogen-bond acceptors (Lipinski definition) is 15. The molecule has 0 aliphatic carbocycles. The van der Waals surface area contributed by atoms with Gasteiger partial charge in [0, 0.05) is 25.7 Å². The van der Waals surface area contributed by atoms with Crippen molar-refractivity contribution in [2.45, 2.75) is 400 Å². The van der Waals surface area contributed by atoms with Gasteiger partial charge in [-0.05, 0) is 31.6 Å². The number of rotatable bonds is 73. The molecule has 0 aromatic rings. The largest absolute Gasteiger partial charge is 0.472 e. The first-order valence-corrected chi connectivity index (χ1v) is 41.1. The lowest BCUT2D eigenvalue weighted by molar-refractivity contribution is -0.161. The molecule has 0 aromatic heterocycles. The van der Waals surface area contributed by atoms with Gasteiger partial charge in [0.2, 0.25) is 0 Å². The topological polar surface area (TPSA) is 237 Å². The highest BCUT2D eigenvalue weighted by molar-refractivity contribution is 7.47. The van der Waals surface area contributed by atoms with Crippen LogP contribution < -0.4 is 0 Å². The molecular weight excluding hydrogens is 1210 g/mol. The van der Waals surface area contributed by atoms with E-state index in [2.05, 4.69) is 34.6 Å². The van der Waals surface area contributed by atoms with Crippen molar-refractivity contribution >= 4 is 39.5 Å². The molecule has 0 aliphatic rings. The summed E-state index contributed by atoms with van der Waals surface area (Å²) < 4.78 is 68.3. The molecule has 19 heteroatoms. The molecule has 0 spiro atoms. The van der Waals surface area contributed by atoms with E-state index in [1.54, 1.807) is 0 Å². The Morgan fingerprint density at radius 3 is 0.739 bits per heavy atom. The molecule has 0 saturated heterocycles. The van der Waals surface area contributed by atoms with Crippen LogP contribution in [0.15, 0.2) is 0 Å². The average Bonchev–Trinajstić information content (AvgIpc) is 3.07. The van der Waals surface area contributed by atoms with Crippen LogP contribution in [0, 0.1) is 5.92 Å². The number of carbonyl (C=O) groups excluding carboxylic acids is 4. The van der Waals surface area contributed by atoms with E-state index in [1.807, 2.05) is 0 Å². The van der Waals surface area contributed by atoms with Gasteiger partial charge in [0.15, 0.2) is 12.2 Å². The summed E-state index contributed by atoms with van der Waals surface area (Å²) in [6.45, 7) is 7.24. The zero-order valence-corrected chi connectivity index (χ0v) is 61.5. The van der Waals surface area contributed by atoms with E-state index in [4.69, 9.17) is 37.0 Å². The van der Waals surface area contributed by atoms with Gasteiger partial charge in [-0.15, -0.1) is 0 Å². The molecule has 5 atom stereocenters. The van der Waals surface area contributed by atoms with Gasteiger partial charge in [0.1, 0.15) is 19.3 Å². The van der Waals surface area contributed by atoms with Crippen LogP contribution in [-0.4, -0.2) is 96.7 Å². The second-order valence-corrected chi connectivity index (χ2v) is 29.7. The number of unbranched alkanes of at least 4 members (excludes halogenated alkanes) is 45. The quantitative estimate of drug-likeness (QED) is 0.0222. The van der Waals surface area contributed by atoms with Gasteiger partial charge >= 0.3 is 39.5 Å². The average molecular weight is 1350 g/mol. The zero-order chi connectivity index (χ0) is 67.7. The van der Waals surface area contributed by atoms with Crippen LogP contribution in [0.4, 0.5) is 0 Å². The molecule has 3 N–H and O–H groups in total. The second kappa shape index (κ2) is 66.3. The molecule has 0 fully saturated rings. The van der Waals surface area contributed by atoms with Gasteiger partial charge in [0.05, 0.1) is 26.4 Å². The number of esters is 4. The summed E-state index contributed by atoms with van der Waals surface area (Å²) in [6.07, 6.45) is 54.1. The van der Waals surface area contributed by atoms with Gasteiger partial charge in [0.25, 0.3) is 0 Å². The highest BCUT2D eigenvalue weighted by atomic mass is 31.2. The molecule has 0 aromatic carbocycles. The van der Waals surface area contributed by atoms with Crippen molar-refractivity contribution in [3.8, 4) is 0 Å². The fraction of sp³-hybridized carbons (Fsp3) is 0.945. The SMILES string of the molecule is CCCCCCCCCCCCCCCCCCC(=O)O[C@H](COC(=O)CCCCCCCCCCCCCCCCC)COP(=O)(O)OC[C@@H](O)COP(=O)(O)OC[C@@H](COC(=O)CCCCCCCCC)OC(=O)CCCCCCCCCCCCCC(C)C. The first kappa shape index (κ1) is 90.1. The van der Waals surface area contributed by atoms with E-state index >= 15 is 0 Å². The molecule has 0 aliphatic heterocycles. The first-order chi connectivity index (χ1) is 44.5. The molecule has 0 radical (unpaired) electrons. The van der Waals surface area contributed by atoms with Gasteiger partial charge in [-0.1, -0.05) is 330 Å². The number of phosphoric acid groups is 2. The molecule has 0 heterocycles. The third-order valence-corrected chi connectivity index (χ3v) is 18.9. The highest BCUT2D eigenvalue weighted by Gasteiger charge is 2.30. The van der Waals surface area contributed by atoms with Crippen LogP contribution in [0.25, 0.3) is 0 Å². The monoisotopic (exact) mass is 1350 g/mol. The van der Waals surface area contributed by atoms with E-state index in [9.17, 15) is 43.2 Å². The minimum Gasteiger partial charge on any atom is -0.462 e. The Kier molecular flexibility index (Phi) is 64.9. The third kappa shape index (κ3) is 66.7. The smallest absolute Gasteiger partial charge is 0.462 e. The predicted molar refractivity (Wildman–Crippen MR) is 372 cm³/mol. The molecule has 0 bridgehead atoms. The lowest BCUT2D eigenvalue weighted by atomic mass is 10.0. The number of aliphatic hydroxyl groups is 1. The molecule has 0 saturated carbocycles. The Bertz CT molecular complexity index is 1770. The Morgan fingerprint density at radius 2 is 0.500 bits per heavy atom. The van der Waals surface area contributed by atoms with E-state index in [1.165, 1.54) is 193 Å². The third-order valence-electron chi connectivity index (χ3n) is 17.0. The predicted octanol–water partition coefficient (Wildman–Crippen LogP) is 21.3. The van der Waals surface area contributed by atoms with Crippen molar-refractivity contribution in [3.63, 3.8) is 0 Å². The maximum Gasteiger partial charge on any atom is 0.472 e. The van der Waals surface area contributed by atoms with Crippen molar-refractivity contribution in [2.24, 2.45) is 5.92 Å². The van der Waals surface area contributed by atoms with Crippen molar-refractivity contribution < 1.29 is 80.2 Å². The molecule has 17 nitrogen and oxygen atoms in total. The Morgan fingerprint density at radius 1 is 0.293 bits per heavy atom. The van der Waals surface area contributed by atoms with Crippen molar-refractivity contribution in [3.05, 3.63) is 0 Å². The Labute approximate surface area is 562 Å². The van der Waals surface area contributed by atoms with E-state index in [0.717, 1.165) is 109 Å². The molecule has 546 valence electrons. The van der Waals surface area contributed by atoms with Crippen molar-refractivity contribution in [1.29, 1.82) is 0 Å². The highest BCUT2D eigenvalue weighted by Crippen LogP contribution is 2.45. The number of aliphatic hydroxyl groups excluding tert-OH is 1. The van der Waals surface area contributed by atoms with Gasteiger partial charge in [-0.2, -0.15) is 0 Å². The van der Waals surface area contributed by atoms with E-state index < -0.39 is 97.5 Å². The van der Waals surface area contributed by atoms with Gasteiger partial charge in [-0.3, -0.25) is 37.3 Å². The summed E-state index contributed by atoms with van der Waals surface area (Å²) in [5.74, 6) is -1.35. The standard InChI is InChI=1S/C73H142O17P2/c1-6-9-12-15-18-20-22-24-26-28-30-34-38-43-48-53-58-72(77)90-69(63-84-71(76)57-52-47-42-37-33-29-27-25-23-21-19-16-13-10-7-2)65-88-92(81,82)86-61-67(74)60-85-91(79,80)87-64-68(62-83-70(75)56-51-46-40-17-14-11-8-3)89-73(78)59-54-49-44-39-35-31-32-36-41-45-50-55-66(4)5/h66-69,74H,6-65H2,1-5H3,(H,79,80)(H,81,82)/t67-,68+,69+/m0/s1. The van der Waals surface area contributed by atoms with Crippen LogP contribution in [-0.2, 0) is 65.4 Å². The van der Waals surface area contributed by atoms with Gasteiger partial charge in [-0.25, -0.2) is 9.13 Å². The number of hydrogen-bond donors (Lipinski definition) is 3. The fourth-order valence-electron chi connectivity index (χ4n) is 11.2. The van der Waals surface area contributed by atoms with E-state index in [0.29, 0.717) is 25.7 Å². The minimum atomic E-state index is -4.95. The molecule has 92 heavy (non-hydrogen) atoms. The fourth-order valence-corrected chi connectivity index (χ4v) is 12.8. The number of carbonyl (C=O) groups is 4. The summed E-state index contributed by atoms with van der Waals surface area (Å²) >= 11 is 0. The van der Waals surface area contributed by atoms with Crippen LogP contribution in [0.5, 0.6) is 0 Å². The normalized spacial score (nSPS) is 14.0. The molecule has 0 amide bonds. The van der Waals surface area contributed by atoms with Gasteiger partial charge < -0.3 is 33.8 Å². The Balaban J connectivity index is 5.20. The number of ether oxygens (including phenoxy) is 4. The Hall–Kier alpha value is -1.94. The van der Waals surface area contributed by atoms with Crippen LogP contribution in [0.3, 0.4) is 0 Å². The maximum absolute atomic E-state index is 13.1. The van der Waals surface area contributed by atoms with E-state index in [-0.39, 0.29) is 25.7 Å². The lowest BCUT2D eigenvalue weighted by Gasteiger charge is -2.21. The maximum atomic E-state index is 13.1. The molecule has 2 unspecified atom stereocenters. The molecule has 0 rings (SSSR count).